The summed E-state index contributed by atoms with van der Waals surface area (Å²) in [7, 11) is -5.71. The van der Waals surface area contributed by atoms with Crippen LogP contribution in [-0.4, -0.2) is 13.9 Å². The monoisotopic (exact) mass is 356 g/mol. The predicted molar refractivity (Wildman–Crippen MR) is 88.4 cm³/mol. The highest BCUT2D eigenvalue weighted by Gasteiger charge is 2.48. The van der Waals surface area contributed by atoms with Gasteiger partial charge in [0.25, 0.3) is 0 Å². The summed E-state index contributed by atoms with van der Waals surface area (Å²) in [6.07, 6.45) is 0. The highest BCUT2D eigenvalue weighted by Crippen LogP contribution is 2.35. The van der Waals surface area contributed by atoms with Crippen molar-refractivity contribution in [2.45, 2.75) is 19.4 Å². The van der Waals surface area contributed by atoms with E-state index in [1.807, 2.05) is 13.8 Å². The molecule has 0 saturated heterocycles. The Morgan fingerprint density at radius 3 is 2.08 bits per heavy atom. The van der Waals surface area contributed by atoms with Crippen molar-refractivity contribution in [3.05, 3.63) is 54.6 Å². The van der Waals surface area contributed by atoms with E-state index in [0.29, 0.717) is 16.2 Å². The van der Waals surface area contributed by atoms with Crippen LogP contribution >= 0.6 is 0 Å². The molecule has 0 N–H and O–H groups in total. The van der Waals surface area contributed by atoms with Gasteiger partial charge < -0.3 is 4.18 Å². The second kappa shape index (κ2) is 6.68. The van der Waals surface area contributed by atoms with Gasteiger partial charge in [-0.2, -0.15) is 21.6 Å². The fourth-order valence-corrected chi connectivity index (χ4v) is 2.73. The molecule has 0 aromatic heterocycles. The Balaban J connectivity index is 0.00000100. The summed E-state index contributed by atoms with van der Waals surface area (Å²) in [5, 5.41) is 2.31. The van der Waals surface area contributed by atoms with E-state index in [0.717, 1.165) is 5.39 Å². The summed E-state index contributed by atoms with van der Waals surface area (Å²) in [5.74, 6) is -0.341. The minimum atomic E-state index is -5.71. The van der Waals surface area contributed by atoms with Gasteiger partial charge in [-0.05, 0) is 22.2 Å². The first kappa shape index (κ1) is 18.1. The zero-order valence-electron chi connectivity index (χ0n) is 13.0. The quantitative estimate of drug-likeness (QED) is 0.358. The third-order valence-corrected chi connectivity index (χ3v) is 4.18. The van der Waals surface area contributed by atoms with Crippen molar-refractivity contribution in [1.82, 2.24) is 0 Å². The van der Waals surface area contributed by atoms with Crippen molar-refractivity contribution in [2.24, 2.45) is 0 Å². The standard InChI is InChI=1S/C15H9F3O3S.C2H6/c16-15(17,18)22(19,20)21-13-7-3-5-11-9-8-10-4-1-2-6-12(10)14(11)13;1-2/h1-9H;1-2H3. The second-order valence-corrected chi connectivity index (χ2v) is 6.16. The summed E-state index contributed by atoms with van der Waals surface area (Å²) in [6.45, 7) is 4.00. The maximum absolute atomic E-state index is 12.5. The minimum Gasteiger partial charge on any atom is -0.375 e. The van der Waals surface area contributed by atoms with Crippen LogP contribution in [0.15, 0.2) is 54.6 Å². The number of benzene rings is 3. The normalized spacial score (nSPS) is 11.9. The molecule has 24 heavy (non-hydrogen) atoms. The molecular formula is C17H15F3O3S. The Hall–Kier alpha value is -2.28. The van der Waals surface area contributed by atoms with Gasteiger partial charge in [-0.3, -0.25) is 0 Å². The molecule has 0 fully saturated rings. The highest BCUT2D eigenvalue weighted by molar-refractivity contribution is 7.88. The van der Waals surface area contributed by atoms with Crippen molar-refractivity contribution < 1.29 is 25.8 Å². The first-order valence-electron chi connectivity index (χ1n) is 7.21. The van der Waals surface area contributed by atoms with Crippen LogP contribution in [0.2, 0.25) is 0 Å². The van der Waals surface area contributed by atoms with Crippen LogP contribution in [-0.2, 0) is 10.1 Å². The lowest BCUT2D eigenvalue weighted by atomic mass is 10.0. The molecule has 0 bridgehead atoms. The SMILES string of the molecule is CC.O=S(=O)(Oc1cccc2ccc3ccccc3c12)C(F)(F)F. The Bertz CT molecular complexity index is 964. The zero-order chi connectivity index (χ0) is 18.0. The average Bonchev–Trinajstić information content (AvgIpc) is 2.55. The van der Waals surface area contributed by atoms with Gasteiger partial charge in [-0.25, -0.2) is 0 Å². The molecule has 128 valence electrons. The first-order valence-corrected chi connectivity index (χ1v) is 8.62. The molecule has 0 aliphatic carbocycles. The van der Waals surface area contributed by atoms with Gasteiger partial charge in [0, 0.05) is 5.39 Å². The van der Waals surface area contributed by atoms with Crippen LogP contribution in [0.5, 0.6) is 5.75 Å². The smallest absolute Gasteiger partial charge is 0.375 e. The van der Waals surface area contributed by atoms with Crippen molar-refractivity contribution in [1.29, 1.82) is 0 Å². The van der Waals surface area contributed by atoms with Gasteiger partial charge in [-0.1, -0.05) is 62.4 Å². The van der Waals surface area contributed by atoms with Crippen molar-refractivity contribution in [3.63, 3.8) is 0 Å². The zero-order valence-corrected chi connectivity index (χ0v) is 13.8. The van der Waals surface area contributed by atoms with Crippen LogP contribution in [0.3, 0.4) is 0 Å². The molecule has 7 heteroatoms. The number of hydrogen-bond donors (Lipinski definition) is 0. The van der Waals surface area contributed by atoms with Gasteiger partial charge >= 0.3 is 15.6 Å². The average molecular weight is 356 g/mol. The summed E-state index contributed by atoms with van der Waals surface area (Å²) in [5.41, 5.74) is -5.47. The summed E-state index contributed by atoms with van der Waals surface area (Å²) in [6, 6.07) is 14.8. The Kier molecular flexibility index (Phi) is 5.03. The van der Waals surface area contributed by atoms with Crippen LogP contribution in [0, 0.1) is 0 Å². The molecule has 3 rings (SSSR count). The molecule has 0 spiro atoms. The molecule has 0 aliphatic heterocycles. The molecule has 3 nitrogen and oxygen atoms in total. The lowest BCUT2D eigenvalue weighted by Crippen LogP contribution is -2.28. The van der Waals surface area contributed by atoms with Crippen LogP contribution < -0.4 is 4.18 Å². The first-order chi connectivity index (χ1) is 11.3. The number of fused-ring (bicyclic) bond motifs is 3. The molecule has 0 heterocycles. The second-order valence-electron chi connectivity index (χ2n) is 4.62. The van der Waals surface area contributed by atoms with E-state index in [-0.39, 0.29) is 5.75 Å². The van der Waals surface area contributed by atoms with Gasteiger partial charge in [0.05, 0.1) is 0 Å². The molecule has 0 unspecified atom stereocenters. The number of alkyl halides is 3. The molecule has 0 atom stereocenters. The van der Waals surface area contributed by atoms with E-state index in [2.05, 4.69) is 4.18 Å². The van der Waals surface area contributed by atoms with Crippen molar-refractivity contribution >= 4 is 31.7 Å². The van der Waals surface area contributed by atoms with Crippen LogP contribution in [0.1, 0.15) is 13.8 Å². The Morgan fingerprint density at radius 2 is 1.42 bits per heavy atom. The number of halogens is 3. The van der Waals surface area contributed by atoms with Gasteiger partial charge in [0.15, 0.2) is 5.75 Å². The lowest BCUT2D eigenvalue weighted by molar-refractivity contribution is -0.0499. The predicted octanol–water partition coefficient (Wildman–Crippen LogP) is 5.25. The van der Waals surface area contributed by atoms with Gasteiger partial charge in [0.2, 0.25) is 0 Å². The maximum Gasteiger partial charge on any atom is 0.534 e. The highest BCUT2D eigenvalue weighted by atomic mass is 32.2. The molecule has 0 amide bonds. The van der Waals surface area contributed by atoms with E-state index >= 15 is 0 Å². The fourth-order valence-electron chi connectivity index (χ4n) is 2.26. The molecule has 0 radical (unpaired) electrons. The molecule has 3 aromatic rings. The molecule has 0 saturated carbocycles. The third-order valence-electron chi connectivity index (χ3n) is 3.21. The molecule has 0 aliphatic rings. The van der Waals surface area contributed by atoms with Crippen molar-refractivity contribution in [2.75, 3.05) is 0 Å². The maximum atomic E-state index is 12.5. The molecular weight excluding hydrogens is 341 g/mol. The number of hydrogen-bond acceptors (Lipinski definition) is 3. The fraction of sp³-hybridized carbons (Fsp3) is 0.176. The minimum absolute atomic E-state index is 0.327. The van der Waals surface area contributed by atoms with E-state index in [1.54, 1.807) is 42.5 Å². The lowest BCUT2D eigenvalue weighted by Gasteiger charge is -2.12. The van der Waals surface area contributed by atoms with E-state index < -0.39 is 15.6 Å². The van der Waals surface area contributed by atoms with E-state index in [9.17, 15) is 21.6 Å². The topological polar surface area (TPSA) is 43.4 Å². The van der Waals surface area contributed by atoms with Gasteiger partial charge in [0.1, 0.15) is 0 Å². The van der Waals surface area contributed by atoms with E-state index in [1.165, 1.54) is 12.1 Å². The van der Waals surface area contributed by atoms with Crippen LogP contribution in [0.4, 0.5) is 13.2 Å². The number of rotatable bonds is 2. The van der Waals surface area contributed by atoms with Gasteiger partial charge in [-0.15, -0.1) is 0 Å². The summed E-state index contributed by atoms with van der Waals surface area (Å²) in [4.78, 5) is 0. The molecule has 3 aromatic carbocycles. The van der Waals surface area contributed by atoms with Crippen molar-refractivity contribution in [3.8, 4) is 5.75 Å². The Labute approximate surface area is 137 Å². The Morgan fingerprint density at radius 1 is 0.833 bits per heavy atom. The summed E-state index contributed by atoms with van der Waals surface area (Å²) >= 11 is 0. The van der Waals surface area contributed by atoms with E-state index in [4.69, 9.17) is 0 Å². The third kappa shape index (κ3) is 3.31. The largest absolute Gasteiger partial charge is 0.534 e. The summed E-state index contributed by atoms with van der Waals surface area (Å²) < 4.78 is 64.4. The van der Waals surface area contributed by atoms with Crippen LogP contribution in [0.25, 0.3) is 21.5 Å².